The monoisotopic (exact) mass is 565 g/mol. The molecule has 1 aliphatic carbocycles. The summed E-state index contributed by atoms with van der Waals surface area (Å²) in [5, 5.41) is 27.3. The predicted octanol–water partition coefficient (Wildman–Crippen LogP) is 3.96. The van der Waals surface area contributed by atoms with Gasteiger partial charge in [-0.05, 0) is 78.2 Å². The molecule has 202 valence electrons. The molecule has 0 bridgehead atoms. The molecule has 2 aliphatic rings. The van der Waals surface area contributed by atoms with Crippen molar-refractivity contribution in [2.45, 2.75) is 17.4 Å². The van der Waals surface area contributed by atoms with Crippen molar-refractivity contribution in [2.24, 2.45) is 24.0 Å². The molecule has 3 atom stereocenters. The molecule has 1 unspecified atom stereocenters. The quantitative estimate of drug-likeness (QED) is 0.103. The molecule has 1 saturated carbocycles. The van der Waals surface area contributed by atoms with Crippen molar-refractivity contribution in [3.8, 4) is 5.69 Å². The maximum atomic E-state index is 13.5. The first kappa shape index (κ1) is 26.0. The Hall–Kier alpha value is -3.26. The van der Waals surface area contributed by atoms with Crippen molar-refractivity contribution in [3.63, 3.8) is 0 Å². The zero-order valence-corrected chi connectivity index (χ0v) is 23.3. The van der Waals surface area contributed by atoms with Gasteiger partial charge in [0.15, 0.2) is 5.03 Å². The molecule has 3 heterocycles. The van der Waals surface area contributed by atoms with Crippen LogP contribution in [0, 0.1) is 30.0 Å². The van der Waals surface area contributed by atoms with Gasteiger partial charge in [-0.15, -0.1) is 5.10 Å². The van der Waals surface area contributed by atoms with Gasteiger partial charge in [0.05, 0.1) is 36.4 Å². The van der Waals surface area contributed by atoms with E-state index in [0.717, 1.165) is 46.7 Å². The third kappa shape index (κ3) is 4.84. The molecule has 0 amide bonds. The zero-order chi connectivity index (χ0) is 27.1. The summed E-state index contributed by atoms with van der Waals surface area (Å²) in [6, 6.07) is 10.8. The largest absolute Gasteiger partial charge is 0.313 e. The van der Waals surface area contributed by atoms with Crippen molar-refractivity contribution in [2.75, 3.05) is 26.7 Å². The molecule has 2 fully saturated rings. The number of rotatable bonds is 9. The molecule has 10 nitrogen and oxygen atoms in total. The SMILES string of the molecule is CN/N=C\C(=N)SOC[C@@H]1C2CN(Sc3cnn(C)n3)C[C@]21c1cc2cnn(-c3ccc(F)cc3)c2cc1C. The second kappa shape index (κ2) is 10.4. The number of benzene rings is 2. The van der Waals surface area contributed by atoms with E-state index in [1.54, 1.807) is 42.1 Å². The Morgan fingerprint density at radius 2 is 2.10 bits per heavy atom. The molecule has 2 aromatic carbocycles. The molecule has 0 spiro atoms. The normalized spacial score (nSPS) is 22.6. The fraction of sp³-hybridized carbons (Fsp3) is 0.346. The Kier molecular flexibility index (Phi) is 6.91. The van der Waals surface area contributed by atoms with Crippen LogP contribution in [0.25, 0.3) is 16.6 Å². The summed E-state index contributed by atoms with van der Waals surface area (Å²) >= 11 is 2.68. The van der Waals surface area contributed by atoms with Crippen LogP contribution in [0.5, 0.6) is 0 Å². The smallest absolute Gasteiger partial charge is 0.153 e. The van der Waals surface area contributed by atoms with Gasteiger partial charge in [0.2, 0.25) is 0 Å². The Labute approximate surface area is 233 Å². The molecule has 1 aliphatic heterocycles. The fourth-order valence-corrected chi connectivity index (χ4v) is 7.27. The van der Waals surface area contributed by atoms with Gasteiger partial charge in [0.25, 0.3) is 0 Å². The number of nitrogens with one attached hydrogen (secondary N) is 2. The number of hydrogen-bond donors (Lipinski definition) is 2. The van der Waals surface area contributed by atoms with E-state index in [1.165, 1.54) is 29.5 Å². The lowest BCUT2D eigenvalue weighted by atomic mass is 9.88. The number of aryl methyl sites for hydroxylation is 2. The third-order valence-electron chi connectivity index (χ3n) is 7.53. The molecular weight excluding hydrogens is 537 g/mol. The summed E-state index contributed by atoms with van der Waals surface area (Å²) in [4.78, 5) is 1.58. The zero-order valence-electron chi connectivity index (χ0n) is 21.7. The number of aromatic nitrogens is 5. The summed E-state index contributed by atoms with van der Waals surface area (Å²) in [6.45, 7) is 4.45. The van der Waals surface area contributed by atoms with Crippen molar-refractivity contribution < 1.29 is 8.57 Å². The van der Waals surface area contributed by atoms with Gasteiger partial charge in [0, 0.05) is 50.0 Å². The molecule has 6 rings (SSSR count). The van der Waals surface area contributed by atoms with Gasteiger partial charge >= 0.3 is 0 Å². The van der Waals surface area contributed by atoms with Crippen LogP contribution in [-0.4, -0.2) is 67.1 Å². The van der Waals surface area contributed by atoms with Gasteiger partial charge in [0.1, 0.15) is 10.9 Å². The van der Waals surface area contributed by atoms with Gasteiger partial charge < -0.3 is 9.61 Å². The minimum absolute atomic E-state index is 0.0761. The Balaban J connectivity index is 1.28. The Bertz CT molecular complexity index is 1550. The highest BCUT2D eigenvalue weighted by molar-refractivity contribution is 8.11. The van der Waals surface area contributed by atoms with Crippen LogP contribution in [0.4, 0.5) is 4.39 Å². The number of hydrazone groups is 1. The van der Waals surface area contributed by atoms with E-state index in [-0.39, 0.29) is 16.3 Å². The van der Waals surface area contributed by atoms with Crippen molar-refractivity contribution in [1.29, 1.82) is 5.41 Å². The first-order valence-electron chi connectivity index (χ1n) is 12.5. The van der Waals surface area contributed by atoms with Crippen LogP contribution in [0.2, 0.25) is 0 Å². The highest BCUT2D eigenvalue weighted by Gasteiger charge is 2.70. The van der Waals surface area contributed by atoms with E-state index < -0.39 is 0 Å². The second-order valence-corrected chi connectivity index (χ2v) is 11.8. The first-order valence-corrected chi connectivity index (χ1v) is 14.0. The minimum Gasteiger partial charge on any atom is -0.313 e. The number of hydrogen-bond acceptors (Lipinski definition) is 10. The van der Waals surface area contributed by atoms with Crippen LogP contribution < -0.4 is 5.43 Å². The van der Waals surface area contributed by atoms with Crippen LogP contribution in [0.3, 0.4) is 0 Å². The molecule has 1 saturated heterocycles. The third-order valence-corrected chi connectivity index (χ3v) is 8.98. The summed E-state index contributed by atoms with van der Waals surface area (Å²) in [6.07, 6.45) is 5.10. The maximum absolute atomic E-state index is 13.5. The lowest BCUT2D eigenvalue weighted by Gasteiger charge is -2.24. The molecule has 2 aromatic heterocycles. The van der Waals surface area contributed by atoms with Crippen LogP contribution in [0.15, 0.2) is 58.9 Å². The van der Waals surface area contributed by atoms with E-state index >= 15 is 0 Å². The number of fused-ring (bicyclic) bond motifs is 2. The minimum atomic E-state index is -0.270. The van der Waals surface area contributed by atoms with Crippen molar-refractivity contribution >= 4 is 46.2 Å². The lowest BCUT2D eigenvalue weighted by Crippen LogP contribution is -2.26. The van der Waals surface area contributed by atoms with Crippen LogP contribution in [0.1, 0.15) is 11.1 Å². The molecular formula is C26H28FN9OS2. The second-order valence-electron chi connectivity index (χ2n) is 9.81. The number of piperidine rings is 1. The van der Waals surface area contributed by atoms with Gasteiger partial charge in [-0.25, -0.2) is 13.4 Å². The van der Waals surface area contributed by atoms with E-state index in [0.29, 0.717) is 18.4 Å². The average Bonchev–Trinajstić information content (AvgIpc) is 3.34. The highest BCUT2D eigenvalue weighted by Crippen LogP contribution is 2.66. The summed E-state index contributed by atoms with van der Waals surface area (Å²) in [5.41, 5.74) is 6.86. The maximum Gasteiger partial charge on any atom is 0.153 e. The molecule has 39 heavy (non-hydrogen) atoms. The van der Waals surface area contributed by atoms with Crippen LogP contribution >= 0.6 is 24.0 Å². The predicted molar refractivity (Wildman–Crippen MR) is 152 cm³/mol. The Morgan fingerprint density at radius 3 is 2.85 bits per heavy atom. The first-order chi connectivity index (χ1) is 18.9. The van der Waals surface area contributed by atoms with E-state index in [1.807, 2.05) is 17.9 Å². The topological polar surface area (TPSA) is 109 Å². The average molecular weight is 566 g/mol. The van der Waals surface area contributed by atoms with Crippen LogP contribution in [-0.2, 0) is 16.6 Å². The molecule has 0 radical (unpaired) electrons. The van der Waals surface area contributed by atoms with E-state index in [2.05, 4.69) is 49.2 Å². The van der Waals surface area contributed by atoms with Gasteiger partial charge in [-0.1, -0.05) is 0 Å². The van der Waals surface area contributed by atoms with Gasteiger partial charge in [-0.2, -0.15) is 20.1 Å². The fourth-order valence-electron chi connectivity index (χ4n) is 5.81. The van der Waals surface area contributed by atoms with E-state index in [4.69, 9.17) is 9.59 Å². The molecule has 4 aromatic rings. The van der Waals surface area contributed by atoms with E-state index in [9.17, 15) is 4.39 Å². The summed E-state index contributed by atoms with van der Waals surface area (Å²) < 4.78 is 23.6. The lowest BCUT2D eigenvalue weighted by molar-refractivity contribution is 0.304. The highest BCUT2D eigenvalue weighted by atomic mass is 32.2. The standard InChI is InChI=1S/C26H28FN9OS2/c1-16-8-23-17(10-32-36(23)19-6-4-18(27)5-7-19)9-20(16)26-15-35(38-25-12-31-34(3)33-25)13-21(26)22(26)14-37-39-24(28)11-30-29-2/h4-12,21-22,28-29H,13-15H2,1-3H3/b28-24?,30-11-/t21?,22-,26+/m1/s1. The number of nitrogens with zero attached hydrogens (tertiary/aromatic N) is 7. The van der Waals surface area contributed by atoms with Crippen molar-refractivity contribution in [3.05, 3.63) is 65.7 Å². The summed E-state index contributed by atoms with van der Waals surface area (Å²) in [7, 11) is 3.51. The van der Waals surface area contributed by atoms with Crippen molar-refractivity contribution in [1.82, 2.24) is 34.5 Å². The molecule has 2 N–H and O–H groups in total. The molecule has 13 heteroatoms. The summed E-state index contributed by atoms with van der Waals surface area (Å²) in [5.74, 6) is 0.459. The number of halogens is 1. The van der Waals surface area contributed by atoms with Gasteiger partial charge in [-0.3, -0.25) is 5.41 Å². The Morgan fingerprint density at radius 1 is 1.28 bits per heavy atom.